The first-order valence-electron chi connectivity index (χ1n) is 7.72. The van der Waals surface area contributed by atoms with E-state index in [-0.39, 0.29) is 47.6 Å². The maximum atomic E-state index is 12.0. The fraction of sp³-hybridized carbons (Fsp3) is 0.353. The Morgan fingerprint density at radius 1 is 0.960 bits per heavy atom. The normalized spacial score (nSPS) is 10.1. The predicted octanol–water partition coefficient (Wildman–Crippen LogP) is -6.24. The summed E-state index contributed by atoms with van der Waals surface area (Å²) in [5, 5.41) is 20.6. The van der Waals surface area contributed by atoms with Crippen molar-refractivity contribution in [3.8, 4) is 5.75 Å². The zero-order chi connectivity index (χ0) is 15.6. The van der Waals surface area contributed by atoms with E-state index in [1.165, 1.54) is 0 Å². The molecule has 0 bridgehead atoms. The third-order valence-corrected chi connectivity index (χ3v) is 3.40. The summed E-state index contributed by atoms with van der Waals surface area (Å²) in [6, 6.07) is 11.3. The van der Waals surface area contributed by atoms with Crippen molar-refractivity contribution in [2.75, 3.05) is 39.3 Å². The molecular formula is C17H24Cl2CuN4O. The van der Waals surface area contributed by atoms with E-state index in [0.717, 1.165) is 43.5 Å². The van der Waals surface area contributed by atoms with Crippen molar-refractivity contribution in [3.63, 3.8) is 0 Å². The average Bonchev–Trinajstić information content (AvgIpc) is 2.55. The summed E-state index contributed by atoms with van der Waals surface area (Å²) in [6.45, 7) is 5.18. The van der Waals surface area contributed by atoms with Crippen LogP contribution in [0.4, 0.5) is 0 Å². The van der Waals surface area contributed by atoms with Crippen molar-refractivity contribution < 1.29 is 52.7 Å². The molecule has 5 N–H and O–H groups in total. The predicted molar refractivity (Wildman–Crippen MR) is 89.3 cm³/mol. The molecule has 0 aliphatic rings. The summed E-state index contributed by atoms with van der Waals surface area (Å²) in [5.41, 5.74) is 4.45. The van der Waals surface area contributed by atoms with Gasteiger partial charge in [0.05, 0.1) is 13.1 Å². The topological polar surface area (TPSA) is 87.1 Å². The van der Waals surface area contributed by atoms with E-state index in [4.69, 9.17) is 0 Å². The van der Waals surface area contributed by atoms with E-state index in [1.54, 1.807) is 12.3 Å². The van der Waals surface area contributed by atoms with Crippen molar-refractivity contribution in [3.05, 3.63) is 42.0 Å². The van der Waals surface area contributed by atoms with Crippen LogP contribution >= 0.6 is 0 Å². The average molecular weight is 435 g/mol. The van der Waals surface area contributed by atoms with Crippen molar-refractivity contribution in [2.24, 2.45) is 4.99 Å². The Morgan fingerprint density at radius 2 is 1.64 bits per heavy atom. The third-order valence-electron chi connectivity index (χ3n) is 3.40. The Bertz CT molecular complexity index is 629. The molecule has 0 aliphatic heterocycles. The van der Waals surface area contributed by atoms with Gasteiger partial charge in [-0.3, -0.25) is 4.99 Å². The Morgan fingerprint density at radius 3 is 2.36 bits per heavy atom. The fourth-order valence-electron chi connectivity index (χ4n) is 2.26. The number of hydrogen-bond donors (Lipinski definition) is 3. The Labute approximate surface area is 172 Å². The number of rotatable bonds is 9. The standard InChI is InChI=1S/C17H24N4O.2ClH.Cu/c18-7-8-19-9-10-20-11-12-21-13-16-15-4-2-1-3-14(15)5-6-17(16)22;;;/h1-6,13,19-20,22H,7-12,18H2;2*1H;/q;;;+2/p-2. The van der Waals surface area contributed by atoms with Crippen LogP contribution in [0.5, 0.6) is 5.75 Å². The van der Waals surface area contributed by atoms with Crippen LogP contribution in [0.15, 0.2) is 41.4 Å². The molecule has 0 spiro atoms. The van der Waals surface area contributed by atoms with Crippen LogP contribution in [0.2, 0.25) is 0 Å². The van der Waals surface area contributed by atoms with Crippen LogP contribution in [0.3, 0.4) is 0 Å². The second-order valence-electron chi connectivity index (χ2n) is 5.09. The third kappa shape index (κ3) is 8.88. The van der Waals surface area contributed by atoms with Gasteiger partial charge in [0, 0.05) is 32.4 Å². The van der Waals surface area contributed by atoms with E-state index in [0.29, 0.717) is 12.1 Å². The summed E-state index contributed by atoms with van der Waals surface area (Å²) in [7, 11) is 0. The summed E-state index contributed by atoms with van der Waals surface area (Å²) < 4.78 is 0. The van der Waals surface area contributed by atoms with E-state index in [2.05, 4.69) is 21.4 Å². The molecule has 0 saturated heterocycles. The first kappa shape index (κ1) is 26.4. The summed E-state index contributed by atoms with van der Waals surface area (Å²) in [6.07, 6.45) is 1.70. The van der Waals surface area contributed by atoms with Crippen molar-refractivity contribution >= 4 is 17.0 Å². The number of nitrogens with zero attached hydrogens (tertiary/aromatic N) is 1. The molecule has 0 heterocycles. The number of fused-ring (bicyclic) bond motifs is 1. The minimum atomic E-state index is 0. The van der Waals surface area contributed by atoms with E-state index >= 15 is 0 Å². The Balaban J connectivity index is 0. The molecule has 1 radical (unpaired) electrons. The van der Waals surface area contributed by atoms with Gasteiger partial charge in [0.25, 0.3) is 0 Å². The number of halogens is 2. The second-order valence-corrected chi connectivity index (χ2v) is 5.09. The molecule has 0 amide bonds. The van der Waals surface area contributed by atoms with E-state index in [9.17, 15) is 5.11 Å². The van der Waals surface area contributed by atoms with Gasteiger partial charge < -0.3 is 46.3 Å². The molecule has 0 fully saturated rings. The number of benzene rings is 2. The van der Waals surface area contributed by atoms with Crippen molar-refractivity contribution in [1.82, 2.24) is 10.6 Å². The molecule has 143 valence electrons. The van der Waals surface area contributed by atoms with Crippen LogP contribution in [-0.4, -0.2) is 45.5 Å². The van der Waals surface area contributed by atoms with E-state index in [1.807, 2.05) is 30.3 Å². The van der Waals surface area contributed by atoms with Gasteiger partial charge in [-0.15, -0.1) is 0 Å². The van der Waals surface area contributed by atoms with Gasteiger partial charge in [-0.1, -0.05) is 42.1 Å². The molecule has 0 unspecified atom stereocenters. The van der Waals surface area contributed by atoms with Crippen LogP contribution in [0.25, 0.3) is 10.8 Å². The minimum Gasteiger partial charge on any atom is -1.00 e. The molecule has 2 rings (SSSR count). The summed E-state index contributed by atoms with van der Waals surface area (Å²) in [4.78, 5) is 4.37. The molecule has 8 heteroatoms. The maximum Gasteiger partial charge on any atom is 2.00 e. The molecule has 0 atom stereocenters. The summed E-state index contributed by atoms with van der Waals surface area (Å²) in [5.74, 6) is 0.0211. The number of quaternary nitrogens is 1. The second kappa shape index (κ2) is 15.4. The zero-order valence-electron chi connectivity index (χ0n) is 13.9. The van der Waals surface area contributed by atoms with Gasteiger partial charge in [0.1, 0.15) is 0 Å². The fourth-order valence-corrected chi connectivity index (χ4v) is 2.26. The van der Waals surface area contributed by atoms with E-state index < -0.39 is 0 Å². The molecule has 0 aromatic heterocycles. The molecular weight excluding hydrogens is 411 g/mol. The van der Waals surface area contributed by atoms with Gasteiger partial charge in [0.2, 0.25) is 0 Å². The van der Waals surface area contributed by atoms with Crippen molar-refractivity contribution in [2.45, 2.75) is 0 Å². The van der Waals surface area contributed by atoms with Gasteiger partial charge in [-0.2, -0.15) is 0 Å². The Hall–Kier alpha value is -0.851. The Kier molecular flexibility index (Phi) is 16.3. The van der Waals surface area contributed by atoms with Gasteiger partial charge in [0.15, 0.2) is 0 Å². The number of nitrogens with one attached hydrogen (secondary N) is 2. The maximum absolute atomic E-state index is 12.0. The molecule has 25 heavy (non-hydrogen) atoms. The number of hydrogen-bond acceptors (Lipinski definition) is 4. The smallest absolute Gasteiger partial charge is 1.00 e. The minimum absolute atomic E-state index is 0. The first-order chi connectivity index (χ1) is 10.8. The van der Waals surface area contributed by atoms with Crippen LogP contribution in [0.1, 0.15) is 5.56 Å². The first-order valence-corrected chi connectivity index (χ1v) is 7.72. The van der Waals surface area contributed by atoms with Crippen LogP contribution in [0, 0.1) is 0 Å². The van der Waals surface area contributed by atoms with Crippen LogP contribution < -0.4 is 46.3 Å². The van der Waals surface area contributed by atoms with Gasteiger partial charge in [-0.05, 0) is 16.3 Å². The summed E-state index contributed by atoms with van der Waals surface area (Å²) >= 11 is 0. The zero-order valence-corrected chi connectivity index (χ0v) is 16.4. The van der Waals surface area contributed by atoms with Gasteiger partial charge >= 0.3 is 17.1 Å². The molecule has 0 saturated carbocycles. The van der Waals surface area contributed by atoms with Gasteiger partial charge in [-0.25, -0.2) is 0 Å². The van der Waals surface area contributed by atoms with Crippen molar-refractivity contribution in [1.29, 1.82) is 0 Å². The monoisotopic (exact) mass is 433 g/mol. The largest absolute Gasteiger partial charge is 2.00 e. The molecule has 2 aromatic rings. The SMILES string of the molecule is [Cl-].[Cl-].[Cu+2].[NH3+]CCNCCNCCN=Cc1c([O-])ccc2ccccc12. The molecule has 0 aliphatic carbocycles. The number of aliphatic imine (C=N–C) groups is 1. The molecule has 5 nitrogen and oxygen atoms in total. The quantitative estimate of drug-likeness (QED) is 0.208. The molecule has 2 aromatic carbocycles. The van der Waals surface area contributed by atoms with Crippen LogP contribution in [-0.2, 0) is 17.1 Å².